The van der Waals surface area contributed by atoms with Crippen molar-refractivity contribution in [2.45, 2.75) is 44.8 Å². The van der Waals surface area contributed by atoms with Crippen molar-refractivity contribution in [3.8, 4) is 5.75 Å². The summed E-state index contributed by atoms with van der Waals surface area (Å²) in [5, 5.41) is 1.16. The Bertz CT molecular complexity index is 634. The van der Waals surface area contributed by atoms with Crippen molar-refractivity contribution >= 4 is 10.8 Å². The number of ether oxygens (including phenoxy) is 1. The highest BCUT2D eigenvalue weighted by Gasteiger charge is 2.39. The molecule has 0 heterocycles. The fraction of sp³-hybridized carbons (Fsp3) is 0.444. The van der Waals surface area contributed by atoms with E-state index in [4.69, 9.17) is 10.5 Å². The van der Waals surface area contributed by atoms with Gasteiger partial charge in [-0.25, -0.2) is 0 Å². The molecule has 0 saturated carbocycles. The minimum Gasteiger partial charge on any atom is -0.493 e. The van der Waals surface area contributed by atoms with Crippen LogP contribution in [-0.2, 0) is 0 Å². The van der Waals surface area contributed by atoms with Crippen LogP contribution in [0.4, 0.5) is 13.2 Å². The summed E-state index contributed by atoms with van der Waals surface area (Å²) in [5.74, 6) is 0.467. The molecule has 0 aliphatic rings. The van der Waals surface area contributed by atoms with Crippen molar-refractivity contribution in [2.24, 2.45) is 5.73 Å². The van der Waals surface area contributed by atoms with Crippen molar-refractivity contribution in [1.29, 1.82) is 0 Å². The van der Waals surface area contributed by atoms with Crippen LogP contribution in [0, 0.1) is 0 Å². The molecule has 0 unspecified atom stereocenters. The van der Waals surface area contributed by atoms with Gasteiger partial charge in [-0.2, -0.15) is 13.2 Å². The van der Waals surface area contributed by atoms with Gasteiger partial charge in [0.05, 0.1) is 6.61 Å². The van der Waals surface area contributed by atoms with Crippen LogP contribution in [0.2, 0.25) is 0 Å². The second-order valence-corrected chi connectivity index (χ2v) is 5.63. The van der Waals surface area contributed by atoms with Gasteiger partial charge in [0.15, 0.2) is 0 Å². The van der Waals surface area contributed by atoms with E-state index in [1.54, 1.807) is 30.3 Å². The molecule has 0 amide bonds. The molecule has 0 aromatic heterocycles. The van der Waals surface area contributed by atoms with Crippen molar-refractivity contribution in [2.75, 3.05) is 6.61 Å². The molecule has 2 aromatic carbocycles. The number of alkyl halides is 3. The Labute approximate surface area is 134 Å². The summed E-state index contributed by atoms with van der Waals surface area (Å²) in [6.07, 6.45) is -0.293. The normalized spacial score (nSPS) is 13.3. The molecule has 2 nitrogen and oxygen atoms in total. The van der Waals surface area contributed by atoms with Gasteiger partial charge < -0.3 is 10.5 Å². The van der Waals surface area contributed by atoms with E-state index in [0.717, 1.165) is 25.7 Å². The summed E-state index contributed by atoms with van der Waals surface area (Å²) >= 11 is 0. The third-order valence-corrected chi connectivity index (χ3v) is 3.84. The maximum atomic E-state index is 13.0. The number of hydrogen-bond donors (Lipinski definition) is 1. The number of benzene rings is 2. The third-order valence-electron chi connectivity index (χ3n) is 3.84. The molecule has 0 aliphatic heterocycles. The van der Waals surface area contributed by atoms with Gasteiger partial charge >= 0.3 is 6.18 Å². The molecule has 23 heavy (non-hydrogen) atoms. The fourth-order valence-electron chi connectivity index (χ4n) is 2.60. The van der Waals surface area contributed by atoms with E-state index in [1.807, 2.05) is 0 Å². The van der Waals surface area contributed by atoms with Crippen LogP contribution in [0.15, 0.2) is 36.4 Å². The van der Waals surface area contributed by atoms with Crippen LogP contribution in [0.3, 0.4) is 0 Å². The SMILES string of the molecule is CCCCCCOc1cccc2cccc([C@H](N)C(F)(F)F)c12. The summed E-state index contributed by atoms with van der Waals surface area (Å²) in [7, 11) is 0. The van der Waals surface area contributed by atoms with E-state index >= 15 is 0 Å². The molecule has 0 radical (unpaired) electrons. The third kappa shape index (κ3) is 4.38. The van der Waals surface area contributed by atoms with Gasteiger partial charge in [-0.05, 0) is 23.4 Å². The Morgan fingerprint density at radius 2 is 1.74 bits per heavy atom. The van der Waals surface area contributed by atoms with Crippen LogP contribution in [0.5, 0.6) is 5.75 Å². The standard InChI is InChI=1S/C18H22F3NO/c1-2-3-4-5-12-23-15-11-7-9-13-8-6-10-14(16(13)15)17(22)18(19,20)21/h6-11,17H,2-5,12,22H2,1H3/t17-/m0/s1. The van der Waals surface area contributed by atoms with Gasteiger partial charge in [0.1, 0.15) is 11.8 Å². The Hall–Kier alpha value is -1.75. The zero-order valence-corrected chi connectivity index (χ0v) is 13.2. The molecule has 0 fully saturated rings. The van der Waals surface area contributed by atoms with Gasteiger partial charge in [0.25, 0.3) is 0 Å². The first kappa shape index (κ1) is 17.6. The highest BCUT2D eigenvalue weighted by Crippen LogP contribution is 2.38. The number of hydrogen-bond acceptors (Lipinski definition) is 2. The lowest BCUT2D eigenvalue weighted by molar-refractivity contribution is -0.148. The largest absolute Gasteiger partial charge is 0.493 e. The van der Waals surface area contributed by atoms with E-state index in [1.165, 1.54) is 6.07 Å². The number of fused-ring (bicyclic) bond motifs is 1. The van der Waals surface area contributed by atoms with E-state index in [0.29, 0.717) is 23.1 Å². The van der Waals surface area contributed by atoms with Crippen molar-refractivity contribution in [1.82, 2.24) is 0 Å². The van der Waals surface area contributed by atoms with Gasteiger partial charge in [-0.15, -0.1) is 0 Å². The van der Waals surface area contributed by atoms with Crippen LogP contribution in [-0.4, -0.2) is 12.8 Å². The summed E-state index contributed by atoms with van der Waals surface area (Å²) in [4.78, 5) is 0. The monoisotopic (exact) mass is 325 g/mol. The van der Waals surface area contributed by atoms with E-state index in [2.05, 4.69) is 6.92 Å². The van der Waals surface area contributed by atoms with Crippen molar-refractivity contribution in [3.63, 3.8) is 0 Å². The van der Waals surface area contributed by atoms with Crippen molar-refractivity contribution < 1.29 is 17.9 Å². The smallest absolute Gasteiger partial charge is 0.407 e. The lowest BCUT2D eigenvalue weighted by atomic mass is 9.98. The van der Waals surface area contributed by atoms with Crippen LogP contribution in [0.1, 0.15) is 44.2 Å². The topological polar surface area (TPSA) is 35.2 Å². The summed E-state index contributed by atoms with van der Waals surface area (Å²) < 4.78 is 44.8. The average molecular weight is 325 g/mol. The fourth-order valence-corrected chi connectivity index (χ4v) is 2.60. The van der Waals surface area contributed by atoms with E-state index in [9.17, 15) is 13.2 Å². The van der Waals surface area contributed by atoms with Gasteiger partial charge in [0.2, 0.25) is 0 Å². The molecular weight excluding hydrogens is 303 g/mol. The lowest BCUT2D eigenvalue weighted by Gasteiger charge is -2.19. The van der Waals surface area contributed by atoms with E-state index in [-0.39, 0.29) is 5.56 Å². The number of rotatable bonds is 7. The molecule has 0 spiro atoms. The van der Waals surface area contributed by atoms with Crippen molar-refractivity contribution in [3.05, 3.63) is 42.0 Å². The molecule has 0 saturated heterocycles. The maximum absolute atomic E-state index is 13.0. The molecule has 2 rings (SSSR count). The minimum atomic E-state index is -4.48. The molecule has 0 bridgehead atoms. The second-order valence-electron chi connectivity index (χ2n) is 5.63. The molecule has 0 aliphatic carbocycles. The van der Waals surface area contributed by atoms with Gasteiger partial charge in [-0.1, -0.05) is 56.5 Å². The molecule has 126 valence electrons. The first-order chi connectivity index (χ1) is 10.9. The van der Waals surface area contributed by atoms with Gasteiger partial charge in [0, 0.05) is 5.39 Å². The zero-order valence-electron chi connectivity index (χ0n) is 13.2. The predicted molar refractivity (Wildman–Crippen MR) is 86.6 cm³/mol. The molecule has 2 N–H and O–H groups in total. The zero-order chi connectivity index (χ0) is 16.9. The highest BCUT2D eigenvalue weighted by atomic mass is 19.4. The molecule has 5 heteroatoms. The molecule has 1 atom stereocenters. The summed E-state index contributed by atoms with van der Waals surface area (Å²) in [6.45, 7) is 2.62. The highest BCUT2D eigenvalue weighted by molar-refractivity contribution is 5.91. The van der Waals surface area contributed by atoms with Crippen LogP contribution in [0.25, 0.3) is 10.8 Å². The van der Waals surface area contributed by atoms with Gasteiger partial charge in [-0.3, -0.25) is 0 Å². The average Bonchev–Trinajstić information content (AvgIpc) is 2.52. The van der Waals surface area contributed by atoms with Crippen LogP contribution < -0.4 is 10.5 Å². The Kier molecular flexibility index (Phi) is 5.88. The Balaban J connectivity index is 2.30. The van der Waals surface area contributed by atoms with Crippen LogP contribution >= 0.6 is 0 Å². The first-order valence-electron chi connectivity index (χ1n) is 7.92. The minimum absolute atomic E-state index is 0.0548. The quantitative estimate of drug-likeness (QED) is 0.695. The lowest BCUT2D eigenvalue weighted by Crippen LogP contribution is -2.28. The Morgan fingerprint density at radius 1 is 1.04 bits per heavy atom. The summed E-state index contributed by atoms with van der Waals surface area (Å²) in [5.41, 5.74) is 5.48. The Morgan fingerprint density at radius 3 is 2.39 bits per heavy atom. The molecular formula is C18H22F3NO. The number of unbranched alkanes of at least 4 members (excludes halogenated alkanes) is 3. The molecule has 2 aromatic rings. The predicted octanol–water partition coefficient (Wildman–Crippen LogP) is 5.36. The van der Waals surface area contributed by atoms with E-state index < -0.39 is 12.2 Å². The summed E-state index contributed by atoms with van der Waals surface area (Å²) in [6, 6.07) is 8.02. The number of nitrogens with two attached hydrogens (primary N) is 1. The number of halogens is 3. The maximum Gasteiger partial charge on any atom is 0.407 e. The second kappa shape index (κ2) is 7.68. The first-order valence-corrected chi connectivity index (χ1v) is 7.92.